The number of nitrogens with two attached hydrogens (primary N) is 1. The molecule has 318 valence electrons. The van der Waals surface area contributed by atoms with Gasteiger partial charge < -0.3 is 20.7 Å². The van der Waals surface area contributed by atoms with Crippen LogP contribution in [0.1, 0.15) is 95.8 Å². The fourth-order valence-corrected chi connectivity index (χ4v) is 8.66. The number of hydrogen-bond donors (Lipinski definition) is 2. The summed E-state index contributed by atoms with van der Waals surface area (Å²) in [7, 11) is 0. The van der Waals surface area contributed by atoms with E-state index in [2.05, 4.69) is 46.8 Å². The van der Waals surface area contributed by atoms with Gasteiger partial charge in [-0.25, -0.2) is 9.59 Å². The van der Waals surface area contributed by atoms with Crippen molar-refractivity contribution in [3.63, 3.8) is 0 Å². The van der Waals surface area contributed by atoms with E-state index in [1.54, 1.807) is 43.3 Å². The number of amides is 4. The Morgan fingerprint density at radius 3 is 1.31 bits per heavy atom. The first kappa shape index (κ1) is 44.3. The molecule has 0 aliphatic carbocycles. The smallest absolute Gasteiger partial charge is 0.346 e. The van der Waals surface area contributed by atoms with Gasteiger partial charge in [0.2, 0.25) is 0 Å². The van der Waals surface area contributed by atoms with E-state index in [0.29, 0.717) is 51.9 Å². The van der Waals surface area contributed by atoms with E-state index in [9.17, 15) is 28.8 Å². The molecule has 0 unspecified atom stereocenters. The number of esters is 2. The molecule has 4 amide bonds. The number of rotatable bonds is 3. The number of carbonyl (C=O) groups excluding carboxylic acids is 6. The maximum Gasteiger partial charge on any atom is 0.346 e. The van der Waals surface area contributed by atoms with Crippen LogP contribution in [0.3, 0.4) is 0 Å². The van der Waals surface area contributed by atoms with Gasteiger partial charge in [-0.2, -0.15) is 0 Å². The van der Waals surface area contributed by atoms with Crippen LogP contribution in [0.25, 0.3) is 32.3 Å². The number of nitrogens with one attached hydrogen (secondary N) is 1. The molecule has 6 aromatic carbocycles. The summed E-state index contributed by atoms with van der Waals surface area (Å²) in [6.45, 7) is 11.7. The lowest BCUT2D eigenvalue weighted by Crippen LogP contribution is -2.40. The highest BCUT2D eigenvalue weighted by molar-refractivity contribution is 9.11. The van der Waals surface area contributed by atoms with Gasteiger partial charge in [-0.1, -0.05) is 75.2 Å². The van der Waals surface area contributed by atoms with E-state index < -0.39 is 11.9 Å². The minimum Gasteiger partial charge on any atom is -0.386 e. The Balaban J connectivity index is 0.000000130. The standard InChI is InChI=1S/C17H16N2O2.C14H10BrNO2.C12H5BrO3.C3H7N.C2H7N/c1-2-19-16(20)12-6-3-5-11-14(18-9-4-10-18)8-7-13(15(11)12)17(19)21;1-2-16-13(17)9-5-3-4-8-11(15)7-6-10(12(8)9)14(16)18;13-9-5-4-8-10-6(9)2-1-3-7(10)11(14)16-12(8)15;1-2-4-3-1;1-2-3/h3,5-8H,2,4,9-10H2,1H3;3-7H,2H2,1H3;1-5H;4H,1-3H2;2-3H2,1H3. The highest BCUT2D eigenvalue weighted by Crippen LogP contribution is 2.38. The molecule has 11 rings (SSSR count). The topological polar surface area (TPSA) is 159 Å². The molecule has 12 nitrogen and oxygen atoms in total. The van der Waals surface area contributed by atoms with Crippen molar-refractivity contribution in [1.82, 2.24) is 15.1 Å². The summed E-state index contributed by atoms with van der Waals surface area (Å²) in [6, 6.07) is 27.5. The molecule has 0 aromatic heterocycles. The molecule has 5 aliphatic heterocycles. The molecule has 62 heavy (non-hydrogen) atoms. The molecule has 0 radical (unpaired) electrons. The van der Waals surface area contributed by atoms with Gasteiger partial charge in [-0.15, -0.1) is 0 Å². The van der Waals surface area contributed by atoms with E-state index in [1.807, 2.05) is 68.4 Å². The predicted molar refractivity (Wildman–Crippen MR) is 248 cm³/mol. The SMILES string of the molecule is C1CNC1.CCN.CCN1C(=O)c2cccc3c(Br)ccc(c23)C1=O.CCN1C(=O)c2cccc3c(N4CCC4)ccc(c23)C1=O.O=C1OC(=O)c2ccc(Br)c3cccc1c23. The highest BCUT2D eigenvalue weighted by Gasteiger charge is 2.34. The van der Waals surface area contributed by atoms with Crippen molar-refractivity contribution in [2.45, 2.75) is 33.6 Å². The second-order valence-electron chi connectivity index (χ2n) is 14.7. The quantitative estimate of drug-likeness (QED) is 0.0998. The van der Waals surface area contributed by atoms with Crippen LogP contribution < -0.4 is 16.0 Å². The van der Waals surface area contributed by atoms with Crippen molar-refractivity contribution >= 4 is 105 Å². The molecular weight excluding hydrogens is 918 g/mol. The first-order chi connectivity index (χ1) is 30.0. The zero-order chi connectivity index (χ0) is 44.2. The molecule has 2 fully saturated rings. The number of benzene rings is 6. The molecule has 5 aliphatic rings. The maximum absolute atomic E-state index is 12.5. The van der Waals surface area contributed by atoms with Gasteiger partial charge in [0.25, 0.3) is 23.6 Å². The van der Waals surface area contributed by atoms with Crippen molar-refractivity contribution in [1.29, 1.82) is 0 Å². The van der Waals surface area contributed by atoms with Crippen LogP contribution in [0.2, 0.25) is 0 Å². The Morgan fingerprint density at radius 1 is 0.532 bits per heavy atom. The van der Waals surface area contributed by atoms with Gasteiger partial charge in [-0.05, 0) is 112 Å². The highest BCUT2D eigenvalue weighted by atomic mass is 79.9. The molecule has 0 bridgehead atoms. The Hall–Kier alpha value is -5.80. The first-order valence-corrected chi connectivity index (χ1v) is 22.2. The number of nitrogens with zero attached hydrogens (tertiary/aromatic N) is 3. The van der Waals surface area contributed by atoms with Crippen LogP contribution in [0.5, 0.6) is 0 Å². The van der Waals surface area contributed by atoms with Crippen LogP contribution in [0.15, 0.2) is 99.9 Å². The Labute approximate surface area is 375 Å². The Bertz CT molecular complexity index is 2730. The van der Waals surface area contributed by atoms with Crippen LogP contribution in [0, 0.1) is 0 Å². The fourth-order valence-electron chi connectivity index (χ4n) is 7.73. The van der Waals surface area contributed by atoms with E-state index in [1.165, 1.54) is 35.7 Å². The van der Waals surface area contributed by atoms with Gasteiger partial charge >= 0.3 is 11.9 Å². The normalized spacial score (nSPS) is 15.5. The molecule has 0 saturated carbocycles. The second-order valence-corrected chi connectivity index (χ2v) is 16.5. The third-order valence-corrected chi connectivity index (χ3v) is 12.4. The third kappa shape index (κ3) is 8.15. The predicted octanol–water partition coefficient (Wildman–Crippen LogP) is 8.74. The zero-order valence-electron chi connectivity index (χ0n) is 34.6. The molecule has 2 saturated heterocycles. The fraction of sp³-hybridized carbons (Fsp3) is 0.250. The molecule has 0 atom stereocenters. The summed E-state index contributed by atoms with van der Waals surface area (Å²) in [4.78, 5) is 77.5. The number of anilines is 1. The van der Waals surface area contributed by atoms with Gasteiger partial charge in [0.05, 0.1) is 11.1 Å². The Morgan fingerprint density at radius 2 is 0.887 bits per heavy atom. The number of imide groups is 2. The van der Waals surface area contributed by atoms with Gasteiger partial charge in [0, 0.05) is 84.6 Å². The van der Waals surface area contributed by atoms with Crippen molar-refractivity contribution < 1.29 is 33.5 Å². The summed E-state index contributed by atoms with van der Waals surface area (Å²) < 4.78 is 6.40. The number of carbonyl (C=O) groups is 6. The van der Waals surface area contributed by atoms with E-state index in [4.69, 9.17) is 5.73 Å². The second kappa shape index (κ2) is 19.1. The van der Waals surface area contributed by atoms with Crippen molar-refractivity contribution in [3.05, 3.63) is 133 Å². The summed E-state index contributed by atoms with van der Waals surface area (Å²) in [6.07, 6.45) is 2.59. The largest absolute Gasteiger partial charge is 0.386 e. The summed E-state index contributed by atoms with van der Waals surface area (Å²) in [5, 5.41) is 8.12. The minimum atomic E-state index is -0.582. The number of halogens is 2. The van der Waals surface area contributed by atoms with Gasteiger partial charge in [0.1, 0.15) is 0 Å². The van der Waals surface area contributed by atoms with E-state index in [-0.39, 0.29) is 23.6 Å². The maximum atomic E-state index is 12.5. The lowest BCUT2D eigenvalue weighted by atomic mass is 9.92. The number of ether oxygens (including phenoxy) is 1. The number of cyclic esters (lactones) is 2. The van der Waals surface area contributed by atoms with Crippen molar-refractivity contribution in [2.24, 2.45) is 5.73 Å². The van der Waals surface area contributed by atoms with Crippen molar-refractivity contribution in [3.8, 4) is 0 Å². The van der Waals surface area contributed by atoms with Crippen LogP contribution in [0.4, 0.5) is 5.69 Å². The van der Waals surface area contributed by atoms with E-state index >= 15 is 0 Å². The molecule has 6 aromatic rings. The van der Waals surface area contributed by atoms with Crippen molar-refractivity contribution in [2.75, 3.05) is 50.7 Å². The van der Waals surface area contributed by atoms with Crippen LogP contribution in [-0.4, -0.2) is 91.2 Å². The average molecular weight is 964 g/mol. The van der Waals surface area contributed by atoms with Gasteiger partial charge in [0.15, 0.2) is 0 Å². The summed E-state index contributed by atoms with van der Waals surface area (Å²) >= 11 is 6.85. The van der Waals surface area contributed by atoms with E-state index in [0.717, 1.165) is 61.2 Å². The lowest BCUT2D eigenvalue weighted by Gasteiger charge is -2.35. The molecule has 5 heterocycles. The van der Waals surface area contributed by atoms with Gasteiger partial charge in [-0.3, -0.25) is 29.0 Å². The van der Waals surface area contributed by atoms with Crippen LogP contribution >= 0.6 is 31.9 Å². The molecule has 14 heteroatoms. The molecular formula is C48H45Br2N5O7. The summed E-state index contributed by atoms with van der Waals surface area (Å²) in [5.41, 5.74) is 9.35. The monoisotopic (exact) mass is 961 g/mol. The molecule has 3 N–H and O–H groups in total. The van der Waals surface area contributed by atoms with Crippen LogP contribution in [-0.2, 0) is 4.74 Å². The Kier molecular flexibility index (Phi) is 13.6. The summed E-state index contributed by atoms with van der Waals surface area (Å²) in [5.74, 6) is -1.94. The molecule has 0 spiro atoms. The number of hydrogen-bond acceptors (Lipinski definition) is 10. The zero-order valence-corrected chi connectivity index (χ0v) is 37.7. The minimum absolute atomic E-state index is 0.179. The average Bonchev–Trinajstić information content (AvgIpc) is 3.22. The first-order valence-electron chi connectivity index (χ1n) is 20.6. The third-order valence-electron chi connectivity index (χ3n) is 11.1. The lowest BCUT2D eigenvalue weighted by molar-refractivity contribution is 0.0389.